The van der Waals surface area contributed by atoms with Gasteiger partial charge in [0.05, 0.1) is 18.5 Å². The van der Waals surface area contributed by atoms with E-state index in [0.29, 0.717) is 17.1 Å². The lowest BCUT2D eigenvalue weighted by molar-refractivity contribution is 0.0586. The number of esters is 1. The molecule has 2 rings (SSSR count). The standard InChI is InChI=1S/C12H11N3O2/c1-8-7-10(9-5-3-4-6-13-9)15-11(14-8)12(16)17-2/h3-7H,1-2H3. The molecule has 0 radical (unpaired) electrons. The molecule has 5 nitrogen and oxygen atoms in total. The zero-order valence-corrected chi connectivity index (χ0v) is 9.54. The molecule has 0 aliphatic heterocycles. The topological polar surface area (TPSA) is 65.0 Å². The number of aryl methyl sites for hydroxylation is 1. The maximum absolute atomic E-state index is 11.4. The number of carbonyl (C=O) groups excluding carboxylic acids is 1. The Balaban J connectivity index is 2.49. The fourth-order valence-corrected chi connectivity index (χ4v) is 1.40. The molecule has 2 heterocycles. The van der Waals surface area contributed by atoms with Crippen LogP contribution in [0.1, 0.15) is 16.3 Å². The molecule has 0 aromatic carbocycles. The van der Waals surface area contributed by atoms with Crippen molar-refractivity contribution in [2.24, 2.45) is 0 Å². The third-order valence-electron chi connectivity index (χ3n) is 2.15. The molecule has 0 unspecified atom stereocenters. The van der Waals surface area contributed by atoms with Crippen molar-refractivity contribution in [2.45, 2.75) is 6.92 Å². The Labute approximate surface area is 98.5 Å². The quantitative estimate of drug-likeness (QED) is 0.732. The van der Waals surface area contributed by atoms with Crippen molar-refractivity contribution in [3.8, 4) is 11.4 Å². The first-order valence-electron chi connectivity index (χ1n) is 5.06. The monoisotopic (exact) mass is 229 g/mol. The summed E-state index contributed by atoms with van der Waals surface area (Å²) in [5.74, 6) is -0.501. The van der Waals surface area contributed by atoms with Crippen LogP contribution in [0.5, 0.6) is 0 Å². The van der Waals surface area contributed by atoms with Crippen molar-refractivity contribution < 1.29 is 9.53 Å². The van der Waals surface area contributed by atoms with Gasteiger partial charge < -0.3 is 4.74 Å². The SMILES string of the molecule is COC(=O)c1nc(C)cc(-c2ccccn2)n1. The van der Waals surface area contributed by atoms with Crippen molar-refractivity contribution in [2.75, 3.05) is 7.11 Å². The van der Waals surface area contributed by atoms with Crippen LogP contribution in [0, 0.1) is 6.92 Å². The maximum Gasteiger partial charge on any atom is 0.376 e. The van der Waals surface area contributed by atoms with E-state index in [2.05, 4.69) is 19.7 Å². The Morgan fingerprint density at radius 3 is 2.71 bits per heavy atom. The fraction of sp³-hybridized carbons (Fsp3) is 0.167. The van der Waals surface area contributed by atoms with Gasteiger partial charge in [-0.3, -0.25) is 4.98 Å². The van der Waals surface area contributed by atoms with Crippen LogP contribution in [0.4, 0.5) is 0 Å². The first-order valence-corrected chi connectivity index (χ1v) is 5.06. The molecule has 0 amide bonds. The Bertz CT molecular complexity index is 541. The van der Waals surface area contributed by atoms with E-state index in [-0.39, 0.29) is 5.82 Å². The second-order valence-corrected chi connectivity index (χ2v) is 3.42. The number of pyridine rings is 1. The highest BCUT2D eigenvalue weighted by Gasteiger charge is 2.12. The predicted molar refractivity (Wildman–Crippen MR) is 61.3 cm³/mol. The minimum atomic E-state index is -0.550. The van der Waals surface area contributed by atoms with Gasteiger partial charge in [0.15, 0.2) is 0 Å². The van der Waals surface area contributed by atoms with Crippen LogP contribution in [-0.4, -0.2) is 28.0 Å². The highest BCUT2D eigenvalue weighted by molar-refractivity contribution is 5.85. The maximum atomic E-state index is 11.4. The summed E-state index contributed by atoms with van der Waals surface area (Å²) in [6, 6.07) is 7.27. The van der Waals surface area contributed by atoms with Gasteiger partial charge in [-0.05, 0) is 25.1 Å². The molecule has 0 saturated heterocycles. The third kappa shape index (κ3) is 2.44. The van der Waals surface area contributed by atoms with E-state index in [1.807, 2.05) is 18.2 Å². The predicted octanol–water partition coefficient (Wildman–Crippen LogP) is 1.63. The van der Waals surface area contributed by atoms with Crippen molar-refractivity contribution in [3.63, 3.8) is 0 Å². The molecular weight excluding hydrogens is 218 g/mol. The van der Waals surface area contributed by atoms with E-state index in [1.165, 1.54) is 7.11 Å². The molecule has 0 spiro atoms. The summed E-state index contributed by atoms with van der Waals surface area (Å²) >= 11 is 0. The molecule has 0 saturated carbocycles. The summed E-state index contributed by atoms with van der Waals surface area (Å²) in [4.78, 5) is 23.7. The van der Waals surface area contributed by atoms with Gasteiger partial charge in [-0.15, -0.1) is 0 Å². The summed E-state index contributed by atoms with van der Waals surface area (Å²) in [6.07, 6.45) is 1.67. The molecule has 0 N–H and O–H groups in total. The lowest BCUT2D eigenvalue weighted by Gasteiger charge is -2.03. The third-order valence-corrected chi connectivity index (χ3v) is 2.15. The lowest BCUT2D eigenvalue weighted by atomic mass is 10.2. The number of carbonyl (C=O) groups is 1. The van der Waals surface area contributed by atoms with E-state index >= 15 is 0 Å². The lowest BCUT2D eigenvalue weighted by Crippen LogP contribution is -2.09. The summed E-state index contributed by atoms with van der Waals surface area (Å²) in [6.45, 7) is 1.79. The molecule has 17 heavy (non-hydrogen) atoms. The van der Waals surface area contributed by atoms with Crippen molar-refractivity contribution >= 4 is 5.97 Å². The van der Waals surface area contributed by atoms with Crippen LogP contribution < -0.4 is 0 Å². The highest BCUT2D eigenvalue weighted by Crippen LogP contribution is 2.14. The fourth-order valence-electron chi connectivity index (χ4n) is 1.40. The Morgan fingerprint density at radius 1 is 1.24 bits per heavy atom. The molecule has 0 bridgehead atoms. The normalized spacial score (nSPS) is 10.0. The Morgan fingerprint density at radius 2 is 2.06 bits per heavy atom. The molecule has 2 aromatic rings. The van der Waals surface area contributed by atoms with Gasteiger partial charge in [0.1, 0.15) is 0 Å². The van der Waals surface area contributed by atoms with Crippen molar-refractivity contribution in [1.82, 2.24) is 15.0 Å². The van der Waals surface area contributed by atoms with Crippen LogP contribution in [-0.2, 0) is 4.74 Å². The first kappa shape index (κ1) is 11.2. The number of hydrogen-bond acceptors (Lipinski definition) is 5. The number of aromatic nitrogens is 3. The minimum Gasteiger partial charge on any atom is -0.463 e. The highest BCUT2D eigenvalue weighted by atomic mass is 16.5. The van der Waals surface area contributed by atoms with Crippen LogP contribution in [0.2, 0.25) is 0 Å². The molecule has 0 fully saturated rings. The summed E-state index contributed by atoms with van der Waals surface area (Å²) < 4.78 is 4.60. The average molecular weight is 229 g/mol. The largest absolute Gasteiger partial charge is 0.463 e. The molecule has 0 aliphatic rings. The Hall–Kier alpha value is -2.30. The second kappa shape index (κ2) is 4.69. The van der Waals surface area contributed by atoms with Gasteiger partial charge >= 0.3 is 5.97 Å². The second-order valence-electron chi connectivity index (χ2n) is 3.42. The van der Waals surface area contributed by atoms with Gasteiger partial charge in [0.2, 0.25) is 5.82 Å². The van der Waals surface area contributed by atoms with Crippen LogP contribution in [0.3, 0.4) is 0 Å². The van der Waals surface area contributed by atoms with E-state index in [1.54, 1.807) is 19.2 Å². The van der Waals surface area contributed by atoms with Gasteiger partial charge in [-0.1, -0.05) is 6.07 Å². The number of hydrogen-bond donors (Lipinski definition) is 0. The Kier molecular flexibility index (Phi) is 3.09. The van der Waals surface area contributed by atoms with Crippen LogP contribution in [0.15, 0.2) is 30.5 Å². The van der Waals surface area contributed by atoms with E-state index in [0.717, 1.165) is 0 Å². The molecule has 86 valence electrons. The summed E-state index contributed by atoms with van der Waals surface area (Å²) in [5, 5.41) is 0. The van der Waals surface area contributed by atoms with Gasteiger partial charge in [0.25, 0.3) is 0 Å². The van der Waals surface area contributed by atoms with Crippen LogP contribution in [0.25, 0.3) is 11.4 Å². The van der Waals surface area contributed by atoms with E-state index in [9.17, 15) is 4.79 Å². The number of nitrogens with zero attached hydrogens (tertiary/aromatic N) is 3. The molecule has 0 aliphatic carbocycles. The summed E-state index contributed by atoms with van der Waals surface area (Å²) in [5.41, 5.74) is 2.00. The van der Waals surface area contributed by atoms with Crippen LogP contribution >= 0.6 is 0 Å². The molecular formula is C12H11N3O2. The smallest absolute Gasteiger partial charge is 0.376 e. The van der Waals surface area contributed by atoms with Crippen molar-refractivity contribution in [1.29, 1.82) is 0 Å². The molecule has 0 atom stereocenters. The van der Waals surface area contributed by atoms with Gasteiger partial charge in [-0.25, -0.2) is 14.8 Å². The first-order chi connectivity index (χ1) is 8.20. The van der Waals surface area contributed by atoms with E-state index < -0.39 is 5.97 Å². The van der Waals surface area contributed by atoms with Gasteiger partial charge in [0, 0.05) is 11.9 Å². The molecule has 2 aromatic heterocycles. The average Bonchev–Trinajstić information content (AvgIpc) is 2.38. The zero-order valence-electron chi connectivity index (χ0n) is 9.54. The number of ether oxygens (including phenoxy) is 1. The minimum absolute atomic E-state index is 0.0492. The summed E-state index contributed by atoms with van der Waals surface area (Å²) in [7, 11) is 1.30. The van der Waals surface area contributed by atoms with Crippen molar-refractivity contribution in [3.05, 3.63) is 42.0 Å². The number of rotatable bonds is 2. The van der Waals surface area contributed by atoms with Gasteiger partial charge in [-0.2, -0.15) is 0 Å². The molecule has 5 heteroatoms. The number of methoxy groups -OCH3 is 1. The zero-order chi connectivity index (χ0) is 12.3. The van der Waals surface area contributed by atoms with E-state index in [4.69, 9.17) is 0 Å².